The Bertz CT molecular complexity index is 245. The third-order valence-electron chi connectivity index (χ3n) is 4.10. The summed E-state index contributed by atoms with van der Waals surface area (Å²) in [4.78, 5) is 0. The minimum atomic E-state index is 0.185. The molecule has 1 N–H and O–H groups in total. The molecule has 4 nitrogen and oxygen atoms in total. The minimum Gasteiger partial charge on any atom is -0.383 e. The van der Waals surface area contributed by atoms with Crippen LogP contribution in [0.1, 0.15) is 26.2 Å². The summed E-state index contributed by atoms with van der Waals surface area (Å²) in [5.74, 6) is 0.775. The highest BCUT2D eigenvalue weighted by Gasteiger charge is 2.50. The van der Waals surface area contributed by atoms with Gasteiger partial charge < -0.3 is 19.5 Å². The second-order valence-corrected chi connectivity index (χ2v) is 5.55. The van der Waals surface area contributed by atoms with Crippen molar-refractivity contribution in [3.63, 3.8) is 0 Å². The Hall–Kier alpha value is -0.160. The first kappa shape index (κ1) is 14.3. The molecule has 1 saturated heterocycles. The van der Waals surface area contributed by atoms with Crippen LogP contribution in [0, 0.1) is 11.3 Å². The molecule has 0 spiro atoms. The SMILES string of the molecule is CCOCC1(CNCCOC)CCOC1C1CC1. The molecule has 1 aliphatic carbocycles. The van der Waals surface area contributed by atoms with Gasteiger partial charge in [-0.25, -0.2) is 0 Å². The minimum absolute atomic E-state index is 0.185. The van der Waals surface area contributed by atoms with Crippen molar-refractivity contribution in [1.82, 2.24) is 5.32 Å². The van der Waals surface area contributed by atoms with Crippen LogP contribution in [0.25, 0.3) is 0 Å². The van der Waals surface area contributed by atoms with E-state index >= 15 is 0 Å². The van der Waals surface area contributed by atoms with E-state index in [0.29, 0.717) is 6.10 Å². The van der Waals surface area contributed by atoms with Gasteiger partial charge in [-0.15, -0.1) is 0 Å². The molecule has 106 valence electrons. The highest BCUT2D eigenvalue weighted by atomic mass is 16.5. The highest BCUT2D eigenvalue weighted by Crippen LogP contribution is 2.47. The monoisotopic (exact) mass is 257 g/mol. The molecular formula is C14H27NO3. The van der Waals surface area contributed by atoms with Crippen molar-refractivity contribution in [2.75, 3.05) is 46.6 Å². The van der Waals surface area contributed by atoms with Gasteiger partial charge in [0.1, 0.15) is 0 Å². The van der Waals surface area contributed by atoms with Crippen LogP contribution < -0.4 is 5.32 Å². The Morgan fingerprint density at radius 2 is 2.22 bits per heavy atom. The molecule has 0 bridgehead atoms. The van der Waals surface area contributed by atoms with Gasteiger partial charge in [0.2, 0.25) is 0 Å². The molecule has 1 heterocycles. The van der Waals surface area contributed by atoms with Crippen molar-refractivity contribution in [3.8, 4) is 0 Å². The van der Waals surface area contributed by atoms with Gasteiger partial charge in [-0.1, -0.05) is 0 Å². The molecule has 2 aliphatic rings. The van der Waals surface area contributed by atoms with Crippen LogP contribution in [0.2, 0.25) is 0 Å². The van der Waals surface area contributed by atoms with E-state index in [2.05, 4.69) is 12.2 Å². The van der Waals surface area contributed by atoms with Crippen molar-refractivity contribution in [2.45, 2.75) is 32.3 Å². The van der Waals surface area contributed by atoms with Crippen molar-refractivity contribution in [2.24, 2.45) is 11.3 Å². The van der Waals surface area contributed by atoms with Crippen molar-refractivity contribution < 1.29 is 14.2 Å². The van der Waals surface area contributed by atoms with Crippen LogP contribution in [0.5, 0.6) is 0 Å². The maximum absolute atomic E-state index is 6.00. The first-order valence-corrected chi connectivity index (χ1v) is 7.21. The average Bonchev–Trinajstić information content (AvgIpc) is 3.14. The molecule has 0 radical (unpaired) electrons. The second-order valence-electron chi connectivity index (χ2n) is 5.55. The van der Waals surface area contributed by atoms with Crippen LogP contribution in [0.15, 0.2) is 0 Å². The number of hydrogen-bond donors (Lipinski definition) is 1. The Morgan fingerprint density at radius 3 is 2.89 bits per heavy atom. The summed E-state index contributed by atoms with van der Waals surface area (Å²) in [6, 6.07) is 0. The smallest absolute Gasteiger partial charge is 0.0694 e. The van der Waals surface area contributed by atoms with Crippen LogP contribution in [-0.4, -0.2) is 52.7 Å². The molecule has 0 aromatic carbocycles. The molecule has 1 saturated carbocycles. The highest BCUT2D eigenvalue weighted by molar-refractivity contribution is 5.00. The lowest BCUT2D eigenvalue weighted by Gasteiger charge is -2.34. The fourth-order valence-electron chi connectivity index (χ4n) is 2.95. The van der Waals surface area contributed by atoms with Crippen molar-refractivity contribution in [3.05, 3.63) is 0 Å². The Morgan fingerprint density at radius 1 is 1.39 bits per heavy atom. The van der Waals surface area contributed by atoms with Crippen molar-refractivity contribution >= 4 is 0 Å². The standard InChI is InChI=1S/C14H27NO3/c1-3-17-11-14(10-15-7-9-16-2)6-8-18-13(14)12-4-5-12/h12-13,15H,3-11H2,1-2H3. The lowest BCUT2D eigenvalue weighted by Crippen LogP contribution is -2.46. The molecule has 0 aromatic rings. The summed E-state index contributed by atoms with van der Waals surface area (Å²) in [7, 11) is 1.74. The zero-order valence-corrected chi connectivity index (χ0v) is 11.7. The predicted molar refractivity (Wildman–Crippen MR) is 70.8 cm³/mol. The summed E-state index contributed by atoms with van der Waals surface area (Å²) in [5, 5.41) is 3.51. The van der Waals surface area contributed by atoms with E-state index in [0.717, 1.165) is 51.9 Å². The van der Waals surface area contributed by atoms with E-state index < -0.39 is 0 Å². The normalized spacial score (nSPS) is 32.0. The van der Waals surface area contributed by atoms with Gasteiger partial charge in [0, 0.05) is 38.8 Å². The molecule has 0 amide bonds. The lowest BCUT2D eigenvalue weighted by molar-refractivity contribution is -0.0226. The number of rotatable bonds is 9. The van der Waals surface area contributed by atoms with E-state index in [9.17, 15) is 0 Å². The number of nitrogens with one attached hydrogen (secondary N) is 1. The van der Waals surface area contributed by atoms with E-state index in [1.54, 1.807) is 7.11 Å². The lowest BCUT2D eigenvalue weighted by atomic mass is 9.79. The van der Waals surface area contributed by atoms with Gasteiger partial charge in [0.15, 0.2) is 0 Å². The first-order valence-electron chi connectivity index (χ1n) is 7.21. The zero-order chi connectivity index (χ0) is 12.8. The van der Waals surface area contributed by atoms with Gasteiger partial charge in [-0.05, 0) is 32.1 Å². The third kappa shape index (κ3) is 3.44. The summed E-state index contributed by atoms with van der Waals surface area (Å²) in [5.41, 5.74) is 0.185. The van der Waals surface area contributed by atoms with Gasteiger partial charge in [-0.3, -0.25) is 0 Å². The maximum Gasteiger partial charge on any atom is 0.0694 e. The maximum atomic E-state index is 6.00. The number of ether oxygens (including phenoxy) is 3. The first-order chi connectivity index (χ1) is 8.82. The zero-order valence-electron chi connectivity index (χ0n) is 11.7. The molecule has 18 heavy (non-hydrogen) atoms. The second kappa shape index (κ2) is 6.85. The van der Waals surface area contributed by atoms with Crippen LogP contribution in [-0.2, 0) is 14.2 Å². The molecule has 2 rings (SSSR count). The summed E-state index contributed by atoms with van der Waals surface area (Å²) in [6.45, 7) is 7.22. The molecule has 2 unspecified atom stereocenters. The van der Waals surface area contributed by atoms with Gasteiger partial charge in [0.05, 0.1) is 19.3 Å². The van der Waals surface area contributed by atoms with E-state index in [1.807, 2.05) is 0 Å². The summed E-state index contributed by atoms with van der Waals surface area (Å²) < 4.78 is 16.8. The predicted octanol–water partition coefficient (Wildman–Crippen LogP) is 1.44. The molecular weight excluding hydrogens is 230 g/mol. The van der Waals surface area contributed by atoms with E-state index in [4.69, 9.17) is 14.2 Å². The number of methoxy groups -OCH3 is 1. The number of hydrogen-bond acceptors (Lipinski definition) is 4. The average molecular weight is 257 g/mol. The quantitative estimate of drug-likeness (QED) is 0.635. The topological polar surface area (TPSA) is 39.7 Å². The fourth-order valence-corrected chi connectivity index (χ4v) is 2.95. The molecule has 2 fully saturated rings. The molecule has 0 aromatic heterocycles. The van der Waals surface area contributed by atoms with Crippen LogP contribution in [0.4, 0.5) is 0 Å². The summed E-state index contributed by atoms with van der Waals surface area (Å²) in [6.07, 6.45) is 4.18. The van der Waals surface area contributed by atoms with Gasteiger partial charge in [0.25, 0.3) is 0 Å². The Balaban J connectivity index is 1.88. The molecule has 1 aliphatic heterocycles. The Kier molecular flexibility index (Phi) is 5.42. The van der Waals surface area contributed by atoms with Crippen molar-refractivity contribution in [1.29, 1.82) is 0 Å². The van der Waals surface area contributed by atoms with E-state index in [-0.39, 0.29) is 5.41 Å². The molecule has 2 atom stereocenters. The third-order valence-corrected chi connectivity index (χ3v) is 4.10. The van der Waals surface area contributed by atoms with Gasteiger partial charge in [-0.2, -0.15) is 0 Å². The van der Waals surface area contributed by atoms with Gasteiger partial charge >= 0.3 is 0 Å². The molecule has 4 heteroatoms. The summed E-state index contributed by atoms with van der Waals surface area (Å²) >= 11 is 0. The Labute approximate surface area is 110 Å². The van der Waals surface area contributed by atoms with Crippen LogP contribution in [0.3, 0.4) is 0 Å². The largest absolute Gasteiger partial charge is 0.383 e. The van der Waals surface area contributed by atoms with E-state index in [1.165, 1.54) is 12.8 Å². The fraction of sp³-hybridized carbons (Fsp3) is 1.00. The van der Waals surface area contributed by atoms with Crippen LogP contribution >= 0.6 is 0 Å².